The van der Waals surface area contributed by atoms with E-state index in [9.17, 15) is 9.90 Å². The molecule has 0 radical (unpaired) electrons. The average molecular weight is 251 g/mol. The van der Waals surface area contributed by atoms with E-state index in [1.807, 2.05) is 24.3 Å². The SMILES string of the molecule is CCc1ccc(C(O)C(CCC(=O)O)NC)cc1. The van der Waals surface area contributed by atoms with Gasteiger partial charge in [0.05, 0.1) is 6.10 Å². The first kappa shape index (κ1) is 14.7. The van der Waals surface area contributed by atoms with Crippen LogP contribution in [0.4, 0.5) is 0 Å². The maximum Gasteiger partial charge on any atom is 0.303 e. The van der Waals surface area contributed by atoms with Gasteiger partial charge in [-0.1, -0.05) is 31.2 Å². The number of benzene rings is 1. The summed E-state index contributed by atoms with van der Waals surface area (Å²) < 4.78 is 0. The fraction of sp³-hybridized carbons (Fsp3) is 0.500. The van der Waals surface area contributed by atoms with E-state index in [4.69, 9.17) is 5.11 Å². The summed E-state index contributed by atoms with van der Waals surface area (Å²) in [4.78, 5) is 10.6. The molecule has 0 saturated heterocycles. The normalized spacial score (nSPS) is 14.2. The molecule has 0 fully saturated rings. The summed E-state index contributed by atoms with van der Waals surface area (Å²) in [6.07, 6.45) is 0.739. The first-order valence-electron chi connectivity index (χ1n) is 6.24. The smallest absolute Gasteiger partial charge is 0.303 e. The van der Waals surface area contributed by atoms with Gasteiger partial charge >= 0.3 is 5.97 Å². The van der Waals surface area contributed by atoms with E-state index in [1.165, 1.54) is 5.56 Å². The molecule has 18 heavy (non-hydrogen) atoms. The number of aliphatic hydroxyl groups is 1. The molecule has 4 heteroatoms. The van der Waals surface area contributed by atoms with Gasteiger partial charge in [0.25, 0.3) is 0 Å². The number of aliphatic hydroxyl groups excluding tert-OH is 1. The quantitative estimate of drug-likeness (QED) is 0.690. The Morgan fingerprint density at radius 1 is 1.33 bits per heavy atom. The van der Waals surface area contributed by atoms with E-state index in [1.54, 1.807) is 7.05 Å². The Balaban J connectivity index is 2.69. The lowest BCUT2D eigenvalue weighted by molar-refractivity contribution is -0.137. The van der Waals surface area contributed by atoms with E-state index in [-0.39, 0.29) is 12.5 Å². The topological polar surface area (TPSA) is 69.6 Å². The highest BCUT2D eigenvalue weighted by atomic mass is 16.4. The van der Waals surface area contributed by atoms with Crippen molar-refractivity contribution in [3.8, 4) is 0 Å². The van der Waals surface area contributed by atoms with Crippen LogP contribution in [0.3, 0.4) is 0 Å². The zero-order valence-electron chi connectivity index (χ0n) is 10.9. The third kappa shape index (κ3) is 4.13. The van der Waals surface area contributed by atoms with Gasteiger partial charge in [0, 0.05) is 12.5 Å². The Kier molecular flexibility index (Phi) is 5.82. The van der Waals surface area contributed by atoms with E-state index < -0.39 is 12.1 Å². The summed E-state index contributed by atoms with van der Waals surface area (Å²) in [5, 5.41) is 21.8. The van der Waals surface area contributed by atoms with Gasteiger partial charge in [-0.3, -0.25) is 4.79 Å². The Morgan fingerprint density at radius 3 is 2.39 bits per heavy atom. The van der Waals surface area contributed by atoms with Crippen molar-refractivity contribution < 1.29 is 15.0 Å². The third-order valence-corrected chi connectivity index (χ3v) is 3.15. The molecule has 0 aliphatic carbocycles. The van der Waals surface area contributed by atoms with E-state index >= 15 is 0 Å². The number of hydrogen-bond donors (Lipinski definition) is 3. The summed E-state index contributed by atoms with van der Waals surface area (Å²) in [5.41, 5.74) is 2.04. The number of hydrogen-bond acceptors (Lipinski definition) is 3. The lowest BCUT2D eigenvalue weighted by Gasteiger charge is -2.22. The van der Waals surface area contributed by atoms with Crippen molar-refractivity contribution >= 4 is 5.97 Å². The lowest BCUT2D eigenvalue weighted by Crippen LogP contribution is -2.32. The minimum Gasteiger partial charge on any atom is -0.481 e. The van der Waals surface area contributed by atoms with Crippen LogP contribution in [0.25, 0.3) is 0 Å². The van der Waals surface area contributed by atoms with Gasteiger partial charge < -0.3 is 15.5 Å². The Bertz CT molecular complexity index is 375. The molecule has 0 bridgehead atoms. The van der Waals surface area contributed by atoms with E-state index in [0.29, 0.717) is 6.42 Å². The zero-order valence-corrected chi connectivity index (χ0v) is 10.9. The molecule has 0 aromatic heterocycles. The molecule has 2 atom stereocenters. The monoisotopic (exact) mass is 251 g/mol. The number of aliphatic carboxylic acids is 1. The van der Waals surface area contributed by atoms with Gasteiger partial charge in [0.1, 0.15) is 0 Å². The molecule has 0 aliphatic rings. The van der Waals surface area contributed by atoms with Gasteiger partial charge in [0.2, 0.25) is 0 Å². The molecule has 2 unspecified atom stereocenters. The van der Waals surface area contributed by atoms with Crippen LogP contribution in [-0.4, -0.2) is 29.3 Å². The molecule has 0 heterocycles. The summed E-state index contributed by atoms with van der Waals surface area (Å²) in [7, 11) is 1.73. The highest BCUT2D eigenvalue weighted by Gasteiger charge is 2.19. The molecule has 0 aliphatic heterocycles. The highest BCUT2D eigenvalue weighted by molar-refractivity contribution is 5.66. The van der Waals surface area contributed by atoms with Crippen LogP contribution in [0.15, 0.2) is 24.3 Å². The largest absolute Gasteiger partial charge is 0.481 e. The predicted octanol–water partition coefficient (Wildman–Crippen LogP) is 1.74. The molecule has 1 rings (SSSR count). The molecule has 0 amide bonds. The summed E-state index contributed by atoms with van der Waals surface area (Å²) in [5.74, 6) is -0.844. The highest BCUT2D eigenvalue weighted by Crippen LogP contribution is 2.20. The first-order valence-corrected chi connectivity index (χ1v) is 6.24. The number of rotatable bonds is 7. The number of likely N-dealkylation sites (N-methyl/N-ethyl adjacent to an activating group) is 1. The Hall–Kier alpha value is -1.39. The van der Waals surface area contributed by atoms with Crippen molar-refractivity contribution in [2.24, 2.45) is 0 Å². The van der Waals surface area contributed by atoms with Gasteiger partial charge in [0.15, 0.2) is 0 Å². The number of carbonyl (C=O) groups is 1. The third-order valence-electron chi connectivity index (χ3n) is 3.15. The van der Waals surface area contributed by atoms with Gasteiger partial charge in [-0.15, -0.1) is 0 Å². The number of nitrogens with one attached hydrogen (secondary N) is 1. The van der Waals surface area contributed by atoms with Crippen LogP contribution < -0.4 is 5.32 Å². The molecule has 1 aromatic carbocycles. The van der Waals surface area contributed by atoms with Crippen LogP contribution in [0.1, 0.15) is 37.0 Å². The van der Waals surface area contributed by atoms with Gasteiger partial charge in [-0.2, -0.15) is 0 Å². The molecule has 4 nitrogen and oxygen atoms in total. The van der Waals surface area contributed by atoms with Crippen LogP contribution >= 0.6 is 0 Å². The van der Waals surface area contributed by atoms with E-state index in [0.717, 1.165) is 12.0 Å². The maximum atomic E-state index is 10.6. The molecular weight excluding hydrogens is 230 g/mol. The second-order valence-electron chi connectivity index (χ2n) is 4.37. The van der Waals surface area contributed by atoms with Crippen LogP contribution in [0.5, 0.6) is 0 Å². The average Bonchev–Trinajstić information content (AvgIpc) is 2.39. The minimum atomic E-state index is -0.844. The molecule has 1 aromatic rings. The van der Waals surface area contributed by atoms with Crippen LogP contribution in [-0.2, 0) is 11.2 Å². The van der Waals surface area contributed by atoms with Crippen molar-refractivity contribution in [1.29, 1.82) is 0 Å². The number of carboxylic acid groups (broad SMARTS) is 1. The summed E-state index contributed by atoms with van der Waals surface area (Å²) in [6, 6.07) is 7.53. The molecule has 0 spiro atoms. The standard InChI is InChI=1S/C14H21NO3/c1-3-10-4-6-11(7-5-10)14(18)12(15-2)8-9-13(16)17/h4-7,12,14-15,18H,3,8-9H2,1-2H3,(H,16,17). The molecule has 3 N–H and O–H groups in total. The fourth-order valence-corrected chi connectivity index (χ4v) is 1.92. The number of aryl methyl sites for hydroxylation is 1. The predicted molar refractivity (Wildman–Crippen MR) is 70.5 cm³/mol. The van der Waals surface area contributed by atoms with E-state index in [2.05, 4.69) is 12.2 Å². The van der Waals surface area contributed by atoms with Crippen molar-refractivity contribution in [2.45, 2.75) is 38.3 Å². The van der Waals surface area contributed by atoms with Crippen LogP contribution in [0.2, 0.25) is 0 Å². The van der Waals surface area contributed by atoms with Gasteiger partial charge in [-0.25, -0.2) is 0 Å². The first-order chi connectivity index (χ1) is 8.58. The van der Waals surface area contributed by atoms with Crippen molar-refractivity contribution in [2.75, 3.05) is 7.05 Å². The lowest BCUT2D eigenvalue weighted by atomic mass is 9.97. The Labute approximate surface area is 108 Å². The number of carboxylic acids is 1. The Morgan fingerprint density at radius 2 is 1.94 bits per heavy atom. The minimum absolute atomic E-state index is 0.0512. The maximum absolute atomic E-state index is 10.6. The second kappa shape index (κ2) is 7.13. The zero-order chi connectivity index (χ0) is 13.5. The molecule has 100 valence electrons. The second-order valence-corrected chi connectivity index (χ2v) is 4.37. The summed E-state index contributed by atoms with van der Waals surface area (Å²) in [6.45, 7) is 2.08. The molecule has 0 saturated carbocycles. The fourth-order valence-electron chi connectivity index (χ4n) is 1.92. The summed E-state index contributed by atoms with van der Waals surface area (Å²) >= 11 is 0. The van der Waals surface area contributed by atoms with Crippen molar-refractivity contribution in [1.82, 2.24) is 5.32 Å². The van der Waals surface area contributed by atoms with Crippen LogP contribution in [0, 0.1) is 0 Å². The van der Waals surface area contributed by atoms with Crippen molar-refractivity contribution in [3.63, 3.8) is 0 Å². The van der Waals surface area contributed by atoms with Gasteiger partial charge in [-0.05, 0) is 31.0 Å². The van der Waals surface area contributed by atoms with Crippen molar-refractivity contribution in [3.05, 3.63) is 35.4 Å². The molecular formula is C14H21NO3.